The predicted octanol–water partition coefficient (Wildman–Crippen LogP) is -0.882. The number of nitrogens with zero attached hydrogens (tertiary/aromatic N) is 1. The number of ether oxygens (including phenoxy) is 1. The van der Waals surface area contributed by atoms with Gasteiger partial charge in [-0.3, -0.25) is 19.7 Å². The zero-order chi connectivity index (χ0) is 18.0. The summed E-state index contributed by atoms with van der Waals surface area (Å²) in [5.41, 5.74) is -0.0483. The van der Waals surface area contributed by atoms with Gasteiger partial charge in [0.15, 0.2) is 0 Å². The fourth-order valence-corrected chi connectivity index (χ4v) is 3.96. The Hall–Kier alpha value is -2.16. The number of piperidine rings is 1. The largest absolute Gasteiger partial charge is 0.381 e. The van der Waals surface area contributed by atoms with Gasteiger partial charge in [0.25, 0.3) is 0 Å². The van der Waals surface area contributed by atoms with E-state index in [4.69, 9.17) is 4.74 Å². The fraction of sp³-hybridized carbons (Fsp3) is 0.750. The van der Waals surface area contributed by atoms with Crippen LogP contribution < -0.4 is 16.0 Å². The number of rotatable bonds is 2. The molecule has 0 aromatic heterocycles. The molecule has 0 aromatic carbocycles. The molecule has 3 aliphatic rings. The van der Waals surface area contributed by atoms with Crippen LogP contribution in [0.15, 0.2) is 0 Å². The van der Waals surface area contributed by atoms with E-state index in [9.17, 15) is 19.2 Å². The molecule has 0 radical (unpaired) electrons. The van der Waals surface area contributed by atoms with Gasteiger partial charge in [-0.1, -0.05) is 0 Å². The van der Waals surface area contributed by atoms with E-state index in [1.54, 1.807) is 4.90 Å². The maximum absolute atomic E-state index is 12.5. The third-order valence-electron chi connectivity index (χ3n) is 5.26. The van der Waals surface area contributed by atoms with E-state index in [1.165, 1.54) is 6.92 Å². The van der Waals surface area contributed by atoms with E-state index in [2.05, 4.69) is 16.0 Å². The summed E-state index contributed by atoms with van der Waals surface area (Å²) in [6, 6.07) is -1.74. The zero-order valence-electron chi connectivity index (χ0n) is 14.3. The van der Waals surface area contributed by atoms with Crippen LogP contribution in [0.2, 0.25) is 0 Å². The molecule has 9 heteroatoms. The Labute approximate surface area is 145 Å². The van der Waals surface area contributed by atoms with Crippen LogP contribution in [0.1, 0.15) is 32.6 Å². The molecule has 3 N–H and O–H groups in total. The molecule has 0 saturated carbocycles. The Balaban J connectivity index is 1.67. The van der Waals surface area contributed by atoms with Crippen molar-refractivity contribution in [2.24, 2.45) is 5.41 Å². The SMILES string of the molecule is CC(=O)N1CC(NC(=O)[C@@H]2CC(=O)NC(=O)N2)CC2(CCOCC2)C1. The van der Waals surface area contributed by atoms with Crippen LogP contribution in [0.4, 0.5) is 4.79 Å². The van der Waals surface area contributed by atoms with E-state index < -0.39 is 18.0 Å². The second-order valence-corrected chi connectivity index (χ2v) is 7.20. The summed E-state index contributed by atoms with van der Waals surface area (Å²) in [5.74, 6) is -0.880. The lowest BCUT2D eigenvalue weighted by Crippen LogP contribution is -2.62. The summed E-state index contributed by atoms with van der Waals surface area (Å²) in [7, 11) is 0. The molecule has 0 bridgehead atoms. The van der Waals surface area contributed by atoms with Crippen molar-refractivity contribution in [3.63, 3.8) is 0 Å². The van der Waals surface area contributed by atoms with E-state index in [0.29, 0.717) is 26.3 Å². The number of imide groups is 1. The third kappa shape index (κ3) is 4.09. The maximum atomic E-state index is 12.5. The average Bonchev–Trinajstić information content (AvgIpc) is 2.54. The van der Waals surface area contributed by atoms with Gasteiger partial charge < -0.3 is 20.3 Å². The zero-order valence-corrected chi connectivity index (χ0v) is 14.3. The molecule has 25 heavy (non-hydrogen) atoms. The number of carbonyl (C=O) groups is 4. The summed E-state index contributed by atoms with van der Waals surface area (Å²) in [4.78, 5) is 49.0. The molecule has 9 nitrogen and oxygen atoms in total. The van der Waals surface area contributed by atoms with Crippen LogP contribution in [0.3, 0.4) is 0 Å². The number of amides is 5. The molecule has 5 amide bonds. The van der Waals surface area contributed by atoms with Gasteiger partial charge in [-0.15, -0.1) is 0 Å². The molecule has 2 atom stereocenters. The maximum Gasteiger partial charge on any atom is 0.322 e. The lowest BCUT2D eigenvalue weighted by atomic mass is 9.72. The third-order valence-corrected chi connectivity index (χ3v) is 5.26. The second-order valence-electron chi connectivity index (χ2n) is 7.20. The molecule has 1 spiro atoms. The Morgan fingerprint density at radius 2 is 2.00 bits per heavy atom. The molecular formula is C16H24N4O5. The van der Waals surface area contributed by atoms with Crippen LogP contribution in [0.5, 0.6) is 0 Å². The highest BCUT2D eigenvalue weighted by atomic mass is 16.5. The van der Waals surface area contributed by atoms with Gasteiger partial charge >= 0.3 is 6.03 Å². The van der Waals surface area contributed by atoms with E-state index in [-0.39, 0.29) is 29.7 Å². The summed E-state index contributed by atoms with van der Waals surface area (Å²) in [5, 5.41) is 7.48. The summed E-state index contributed by atoms with van der Waals surface area (Å²) < 4.78 is 5.45. The van der Waals surface area contributed by atoms with Crippen LogP contribution in [0.25, 0.3) is 0 Å². The van der Waals surface area contributed by atoms with Gasteiger partial charge in [0.05, 0.1) is 6.42 Å². The number of urea groups is 1. The molecule has 0 aromatic rings. The minimum Gasteiger partial charge on any atom is -0.381 e. The van der Waals surface area contributed by atoms with Gasteiger partial charge in [-0.25, -0.2) is 4.79 Å². The monoisotopic (exact) mass is 352 g/mol. The first-order valence-electron chi connectivity index (χ1n) is 8.61. The number of likely N-dealkylation sites (tertiary alicyclic amines) is 1. The molecule has 138 valence electrons. The minimum atomic E-state index is -0.875. The Morgan fingerprint density at radius 1 is 1.28 bits per heavy atom. The van der Waals surface area contributed by atoms with Crippen molar-refractivity contribution < 1.29 is 23.9 Å². The highest BCUT2D eigenvalue weighted by molar-refractivity contribution is 6.02. The smallest absolute Gasteiger partial charge is 0.322 e. The molecular weight excluding hydrogens is 328 g/mol. The Bertz CT molecular complexity index is 571. The van der Waals surface area contributed by atoms with E-state index in [0.717, 1.165) is 19.3 Å². The quantitative estimate of drug-likeness (QED) is 0.597. The first-order valence-corrected chi connectivity index (χ1v) is 8.61. The lowest BCUT2D eigenvalue weighted by Gasteiger charge is -2.48. The van der Waals surface area contributed by atoms with Crippen molar-refractivity contribution in [3.8, 4) is 0 Å². The summed E-state index contributed by atoms with van der Waals surface area (Å²) in [6.45, 7) is 3.97. The highest BCUT2D eigenvalue weighted by Gasteiger charge is 2.42. The van der Waals surface area contributed by atoms with Crippen molar-refractivity contribution in [2.75, 3.05) is 26.3 Å². The van der Waals surface area contributed by atoms with E-state index in [1.807, 2.05) is 0 Å². The van der Waals surface area contributed by atoms with Crippen LogP contribution >= 0.6 is 0 Å². The Kier molecular flexibility index (Phi) is 4.94. The van der Waals surface area contributed by atoms with Gasteiger partial charge in [0.1, 0.15) is 6.04 Å². The normalized spacial score (nSPS) is 28.9. The molecule has 0 aliphatic carbocycles. The molecule has 3 fully saturated rings. The molecule has 3 saturated heterocycles. The fourth-order valence-electron chi connectivity index (χ4n) is 3.96. The Morgan fingerprint density at radius 3 is 2.64 bits per heavy atom. The number of hydrogen-bond donors (Lipinski definition) is 3. The van der Waals surface area contributed by atoms with Crippen LogP contribution in [-0.4, -0.2) is 67.0 Å². The van der Waals surface area contributed by atoms with Crippen molar-refractivity contribution in [1.29, 1.82) is 0 Å². The standard InChI is InChI=1S/C16H24N4O5/c1-10(21)20-8-11(7-16(9-20)2-4-25-5-3-16)17-14(23)12-6-13(22)19-15(24)18-12/h11-12H,2-9H2,1H3,(H,17,23)(H2,18,19,22,24)/t11?,12-/m0/s1. The highest BCUT2D eigenvalue weighted by Crippen LogP contribution is 2.39. The molecule has 3 aliphatic heterocycles. The van der Waals surface area contributed by atoms with Gasteiger partial charge in [-0.2, -0.15) is 0 Å². The molecule has 3 heterocycles. The number of hydrogen-bond acceptors (Lipinski definition) is 5. The van der Waals surface area contributed by atoms with Crippen molar-refractivity contribution in [1.82, 2.24) is 20.9 Å². The molecule has 3 rings (SSSR count). The average molecular weight is 352 g/mol. The van der Waals surface area contributed by atoms with Gasteiger partial charge in [-0.05, 0) is 24.7 Å². The van der Waals surface area contributed by atoms with Crippen LogP contribution in [0, 0.1) is 5.41 Å². The molecule has 1 unspecified atom stereocenters. The summed E-state index contributed by atoms with van der Waals surface area (Å²) >= 11 is 0. The van der Waals surface area contributed by atoms with Crippen molar-refractivity contribution >= 4 is 23.8 Å². The first-order chi connectivity index (χ1) is 11.9. The summed E-state index contributed by atoms with van der Waals surface area (Å²) in [6.07, 6.45) is 2.38. The predicted molar refractivity (Wildman–Crippen MR) is 86.4 cm³/mol. The number of nitrogens with one attached hydrogen (secondary N) is 3. The van der Waals surface area contributed by atoms with Gasteiger partial charge in [0.2, 0.25) is 17.7 Å². The van der Waals surface area contributed by atoms with Crippen molar-refractivity contribution in [3.05, 3.63) is 0 Å². The van der Waals surface area contributed by atoms with Gasteiger partial charge in [0, 0.05) is 39.3 Å². The number of carbonyl (C=O) groups excluding carboxylic acids is 4. The minimum absolute atomic E-state index is 0.0184. The second kappa shape index (κ2) is 6.99. The lowest BCUT2D eigenvalue weighted by molar-refractivity contribution is -0.137. The van der Waals surface area contributed by atoms with E-state index >= 15 is 0 Å². The van der Waals surface area contributed by atoms with Crippen molar-refractivity contribution in [2.45, 2.75) is 44.7 Å². The first kappa shape index (κ1) is 17.7. The topological polar surface area (TPSA) is 117 Å². The van der Waals surface area contributed by atoms with Crippen LogP contribution in [-0.2, 0) is 19.1 Å².